The molecule has 1 aliphatic rings. The zero-order valence-electron chi connectivity index (χ0n) is 11.2. The molecule has 0 saturated heterocycles. The SMILES string of the molecule is CC1CCc2ncc(NC(=O)c3ccccc3)c(=O)n21. The van der Waals surface area contributed by atoms with Crippen LogP contribution in [0, 0.1) is 0 Å². The molecule has 2 heterocycles. The van der Waals surface area contributed by atoms with Gasteiger partial charge in [0.05, 0.1) is 6.20 Å². The van der Waals surface area contributed by atoms with Gasteiger partial charge in [0, 0.05) is 18.0 Å². The molecule has 0 radical (unpaired) electrons. The minimum Gasteiger partial charge on any atom is -0.316 e. The van der Waals surface area contributed by atoms with Crippen LogP contribution in [0.2, 0.25) is 0 Å². The number of hydrogen-bond donors (Lipinski definition) is 1. The van der Waals surface area contributed by atoms with Gasteiger partial charge in [0.1, 0.15) is 11.5 Å². The molecule has 1 atom stereocenters. The van der Waals surface area contributed by atoms with Crippen molar-refractivity contribution in [1.82, 2.24) is 9.55 Å². The van der Waals surface area contributed by atoms with Crippen LogP contribution in [0.15, 0.2) is 41.3 Å². The zero-order chi connectivity index (χ0) is 14.1. The van der Waals surface area contributed by atoms with E-state index in [1.54, 1.807) is 28.8 Å². The fourth-order valence-electron chi connectivity index (χ4n) is 2.48. The third-order valence-corrected chi connectivity index (χ3v) is 3.58. The molecule has 1 aromatic heterocycles. The van der Waals surface area contributed by atoms with Crippen molar-refractivity contribution in [1.29, 1.82) is 0 Å². The Morgan fingerprint density at radius 2 is 2.10 bits per heavy atom. The molecule has 102 valence electrons. The average Bonchev–Trinajstić information content (AvgIpc) is 2.85. The van der Waals surface area contributed by atoms with Gasteiger partial charge in [0.2, 0.25) is 0 Å². The molecule has 0 aliphatic carbocycles. The summed E-state index contributed by atoms with van der Waals surface area (Å²) in [7, 11) is 0. The molecule has 1 N–H and O–H groups in total. The number of amides is 1. The first-order valence-corrected chi connectivity index (χ1v) is 6.63. The highest BCUT2D eigenvalue weighted by molar-refractivity contribution is 6.04. The van der Waals surface area contributed by atoms with Gasteiger partial charge in [-0.25, -0.2) is 4.98 Å². The molecule has 0 spiro atoms. The Morgan fingerprint density at radius 3 is 2.85 bits per heavy atom. The lowest BCUT2D eigenvalue weighted by molar-refractivity contribution is 0.102. The smallest absolute Gasteiger partial charge is 0.277 e. The Bertz CT molecular complexity index is 707. The predicted molar refractivity (Wildman–Crippen MR) is 75.9 cm³/mol. The first-order chi connectivity index (χ1) is 9.66. The van der Waals surface area contributed by atoms with Crippen LogP contribution in [0.25, 0.3) is 0 Å². The maximum atomic E-state index is 12.3. The van der Waals surface area contributed by atoms with Crippen LogP contribution in [-0.4, -0.2) is 15.5 Å². The number of aryl methyl sites for hydroxylation is 1. The molecule has 20 heavy (non-hydrogen) atoms. The molecule has 3 rings (SSSR count). The molecule has 0 saturated carbocycles. The number of rotatable bonds is 2. The van der Waals surface area contributed by atoms with Crippen LogP contribution < -0.4 is 10.9 Å². The number of aromatic nitrogens is 2. The maximum absolute atomic E-state index is 12.3. The van der Waals surface area contributed by atoms with Crippen LogP contribution in [-0.2, 0) is 6.42 Å². The number of hydrogen-bond acceptors (Lipinski definition) is 3. The van der Waals surface area contributed by atoms with Gasteiger partial charge in [-0.05, 0) is 25.5 Å². The Morgan fingerprint density at radius 1 is 1.35 bits per heavy atom. The minimum atomic E-state index is -0.296. The number of nitrogens with one attached hydrogen (secondary N) is 1. The molecular formula is C15H15N3O2. The molecule has 2 aromatic rings. The van der Waals surface area contributed by atoms with Crippen molar-refractivity contribution in [3.8, 4) is 0 Å². The second kappa shape index (κ2) is 4.92. The fraction of sp³-hybridized carbons (Fsp3) is 0.267. The van der Waals surface area contributed by atoms with Crippen molar-refractivity contribution in [2.75, 3.05) is 5.32 Å². The summed E-state index contributed by atoms with van der Waals surface area (Å²) in [5.74, 6) is 0.496. The second-order valence-corrected chi connectivity index (χ2v) is 4.97. The van der Waals surface area contributed by atoms with E-state index in [1.165, 1.54) is 6.20 Å². The van der Waals surface area contributed by atoms with Gasteiger partial charge in [-0.2, -0.15) is 0 Å². The van der Waals surface area contributed by atoms with E-state index in [4.69, 9.17) is 0 Å². The monoisotopic (exact) mass is 269 g/mol. The average molecular weight is 269 g/mol. The molecular weight excluding hydrogens is 254 g/mol. The number of nitrogens with zero attached hydrogens (tertiary/aromatic N) is 2. The van der Waals surface area contributed by atoms with E-state index >= 15 is 0 Å². The summed E-state index contributed by atoms with van der Waals surface area (Å²) in [6, 6.07) is 8.95. The summed E-state index contributed by atoms with van der Waals surface area (Å²) < 4.78 is 1.67. The molecule has 5 nitrogen and oxygen atoms in total. The number of carbonyl (C=O) groups is 1. The van der Waals surface area contributed by atoms with Crippen LogP contribution in [0.1, 0.15) is 35.6 Å². The molecule has 0 fully saturated rings. The van der Waals surface area contributed by atoms with E-state index in [0.717, 1.165) is 18.7 Å². The van der Waals surface area contributed by atoms with Crippen molar-refractivity contribution >= 4 is 11.6 Å². The number of carbonyl (C=O) groups excluding carboxylic acids is 1. The van der Waals surface area contributed by atoms with Crippen LogP contribution in [0.3, 0.4) is 0 Å². The number of benzene rings is 1. The highest BCUT2D eigenvalue weighted by atomic mass is 16.2. The Hall–Kier alpha value is -2.43. The lowest BCUT2D eigenvalue weighted by atomic mass is 10.2. The Balaban J connectivity index is 1.91. The van der Waals surface area contributed by atoms with E-state index in [1.807, 2.05) is 13.0 Å². The van der Waals surface area contributed by atoms with Crippen LogP contribution in [0.5, 0.6) is 0 Å². The van der Waals surface area contributed by atoms with E-state index in [-0.39, 0.29) is 23.2 Å². The summed E-state index contributed by atoms with van der Waals surface area (Å²) in [5.41, 5.74) is 0.575. The highest BCUT2D eigenvalue weighted by Gasteiger charge is 2.22. The third-order valence-electron chi connectivity index (χ3n) is 3.58. The zero-order valence-corrected chi connectivity index (χ0v) is 11.2. The van der Waals surface area contributed by atoms with Gasteiger partial charge in [0.15, 0.2) is 0 Å². The van der Waals surface area contributed by atoms with Gasteiger partial charge >= 0.3 is 0 Å². The van der Waals surface area contributed by atoms with Gasteiger partial charge in [-0.3, -0.25) is 14.2 Å². The fourth-order valence-corrected chi connectivity index (χ4v) is 2.48. The van der Waals surface area contributed by atoms with Gasteiger partial charge in [-0.15, -0.1) is 0 Å². The van der Waals surface area contributed by atoms with Crippen molar-refractivity contribution < 1.29 is 4.79 Å². The van der Waals surface area contributed by atoms with Crippen molar-refractivity contribution in [3.63, 3.8) is 0 Å². The quantitative estimate of drug-likeness (QED) is 0.907. The maximum Gasteiger partial charge on any atom is 0.277 e. The molecule has 1 aromatic carbocycles. The van der Waals surface area contributed by atoms with Gasteiger partial charge in [0.25, 0.3) is 11.5 Å². The Labute approximate surface area is 116 Å². The summed E-state index contributed by atoms with van der Waals surface area (Å²) in [6.45, 7) is 1.99. The number of anilines is 1. The van der Waals surface area contributed by atoms with Crippen molar-refractivity contribution in [2.24, 2.45) is 0 Å². The van der Waals surface area contributed by atoms with Gasteiger partial charge in [-0.1, -0.05) is 18.2 Å². The van der Waals surface area contributed by atoms with Crippen LogP contribution in [0.4, 0.5) is 5.69 Å². The van der Waals surface area contributed by atoms with E-state index in [2.05, 4.69) is 10.3 Å². The van der Waals surface area contributed by atoms with Crippen molar-refractivity contribution in [3.05, 3.63) is 58.3 Å². The second-order valence-electron chi connectivity index (χ2n) is 4.97. The lowest BCUT2D eigenvalue weighted by Crippen LogP contribution is -2.27. The van der Waals surface area contributed by atoms with Crippen LogP contribution >= 0.6 is 0 Å². The molecule has 0 bridgehead atoms. The normalized spacial score (nSPS) is 16.8. The first-order valence-electron chi connectivity index (χ1n) is 6.63. The van der Waals surface area contributed by atoms with Gasteiger partial charge < -0.3 is 5.32 Å². The number of fused-ring (bicyclic) bond motifs is 1. The molecule has 1 amide bonds. The van der Waals surface area contributed by atoms with E-state index in [9.17, 15) is 9.59 Å². The minimum absolute atomic E-state index is 0.138. The topological polar surface area (TPSA) is 64.0 Å². The highest BCUT2D eigenvalue weighted by Crippen LogP contribution is 2.21. The Kier molecular flexibility index (Phi) is 3.10. The standard InChI is InChI=1S/C15H15N3O2/c1-10-7-8-13-16-9-12(15(20)18(10)13)17-14(19)11-5-3-2-4-6-11/h2-6,9-10H,7-8H2,1H3,(H,17,19). The summed E-state index contributed by atoms with van der Waals surface area (Å²) in [6.07, 6.45) is 3.18. The molecule has 5 heteroatoms. The van der Waals surface area contributed by atoms with Crippen molar-refractivity contribution in [2.45, 2.75) is 25.8 Å². The lowest BCUT2D eigenvalue weighted by Gasteiger charge is -2.11. The first kappa shape index (κ1) is 12.6. The van der Waals surface area contributed by atoms with E-state index in [0.29, 0.717) is 5.56 Å². The largest absolute Gasteiger partial charge is 0.316 e. The summed E-state index contributed by atoms with van der Waals surface area (Å²) in [5, 5.41) is 2.64. The summed E-state index contributed by atoms with van der Waals surface area (Å²) >= 11 is 0. The summed E-state index contributed by atoms with van der Waals surface area (Å²) in [4.78, 5) is 28.7. The third kappa shape index (κ3) is 2.11. The molecule has 1 aliphatic heterocycles. The van der Waals surface area contributed by atoms with E-state index < -0.39 is 0 Å². The predicted octanol–water partition coefficient (Wildman–Crippen LogP) is 2.00. The molecule has 1 unspecified atom stereocenters.